The van der Waals surface area contributed by atoms with Gasteiger partial charge in [-0.15, -0.1) is 0 Å². The lowest BCUT2D eigenvalue weighted by Gasteiger charge is -2.12. The summed E-state index contributed by atoms with van der Waals surface area (Å²) >= 11 is 0. The molecule has 0 unspecified atom stereocenters. The first-order valence-corrected chi connectivity index (χ1v) is 9.73. The van der Waals surface area contributed by atoms with E-state index in [2.05, 4.69) is 41.0 Å². The van der Waals surface area contributed by atoms with Crippen LogP contribution in [0.4, 0.5) is 5.69 Å². The van der Waals surface area contributed by atoms with Gasteiger partial charge >= 0.3 is 0 Å². The SMILES string of the molecule is C[C@@H](O)CNC(=O)c1ccc(NC/C(=C\c2ccccc2)c2ccccc2)cc1. The Morgan fingerprint density at radius 2 is 1.52 bits per heavy atom. The number of amides is 1. The van der Waals surface area contributed by atoms with E-state index < -0.39 is 6.10 Å². The third-order valence-electron chi connectivity index (χ3n) is 4.47. The number of benzene rings is 3. The molecule has 0 aromatic heterocycles. The molecule has 3 rings (SSSR count). The monoisotopic (exact) mass is 386 g/mol. The summed E-state index contributed by atoms with van der Waals surface area (Å²) in [5.74, 6) is -0.189. The van der Waals surface area contributed by atoms with Crippen molar-refractivity contribution in [1.29, 1.82) is 0 Å². The molecule has 148 valence electrons. The van der Waals surface area contributed by atoms with Gasteiger partial charge in [0.25, 0.3) is 5.91 Å². The van der Waals surface area contributed by atoms with Gasteiger partial charge in [-0.05, 0) is 54.0 Å². The first-order valence-electron chi connectivity index (χ1n) is 9.73. The number of carbonyl (C=O) groups excluding carboxylic acids is 1. The zero-order chi connectivity index (χ0) is 20.5. The van der Waals surface area contributed by atoms with E-state index in [1.54, 1.807) is 19.1 Å². The lowest BCUT2D eigenvalue weighted by molar-refractivity contribution is 0.0924. The molecule has 1 amide bonds. The molecule has 0 aliphatic heterocycles. The Balaban J connectivity index is 1.70. The fraction of sp³-hybridized carbons (Fsp3) is 0.160. The summed E-state index contributed by atoms with van der Waals surface area (Å²) in [5.41, 5.74) is 5.00. The summed E-state index contributed by atoms with van der Waals surface area (Å²) in [4.78, 5) is 12.1. The molecule has 0 spiro atoms. The number of anilines is 1. The van der Waals surface area contributed by atoms with Gasteiger partial charge in [-0.3, -0.25) is 4.79 Å². The highest BCUT2D eigenvalue weighted by atomic mass is 16.3. The minimum Gasteiger partial charge on any atom is -0.392 e. The largest absolute Gasteiger partial charge is 0.392 e. The quantitative estimate of drug-likeness (QED) is 0.501. The number of hydrogen-bond donors (Lipinski definition) is 3. The number of nitrogens with one attached hydrogen (secondary N) is 2. The minimum atomic E-state index is -0.562. The molecule has 4 heteroatoms. The maximum atomic E-state index is 12.1. The van der Waals surface area contributed by atoms with Crippen LogP contribution in [0.2, 0.25) is 0 Å². The van der Waals surface area contributed by atoms with E-state index in [0.717, 1.165) is 16.8 Å². The lowest BCUT2D eigenvalue weighted by atomic mass is 10.0. The summed E-state index contributed by atoms with van der Waals surface area (Å²) in [5, 5.41) is 15.4. The molecule has 4 nitrogen and oxygen atoms in total. The fourth-order valence-electron chi connectivity index (χ4n) is 2.92. The van der Waals surface area contributed by atoms with Gasteiger partial charge in [-0.1, -0.05) is 60.7 Å². The second kappa shape index (κ2) is 10.2. The van der Waals surface area contributed by atoms with Crippen LogP contribution in [0.15, 0.2) is 84.9 Å². The van der Waals surface area contributed by atoms with E-state index >= 15 is 0 Å². The Morgan fingerprint density at radius 1 is 0.897 bits per heavy atom. The maximum Gasteiger partial charge on any atom is 0.251 e. The third kappa shape index (κ3) is 6.33. The van der Waals surface area contributed by atoms with E-state index in [1.807, 2.05) is 48.5 Å². The Morgan fingerprint density at radius 3 is 2.14 bits per heavy atom. The topological polar surface area (TPSA) is 61.4 Å². The highest BCUT2D eigenvalue weighted by molar-refractivity contribution is 5.94. The molecule has 3 aromatic carbocycles. The normalized spacial score (nSPS) is 12.3. The average molecular weight is 386 g/mol. The van der Waals surface area contributed by atoms with Gasteiger partial charge in [-0.2, -0.15) is 0 Å². The van der Waals surface area contributed by atoms with Crippen molar-refractivity contribution in [3.63, 3.8) is 0 Å². The molecule has 0 bridgehead atoms. The molecule has 0 fully saturated rings. The van der Waals surface area contributed by atoms with Crippen LogP contribution in [0.3, 0.4) is 0 Å². The van der Waals surface area contributed by atoms with Gasteiger partial charge in [0.15, 0.2) is 0 Å². The minimum absolute atomic E-state index is 0.189. The molecule has 0 radical (unpaired) electrons. The van der Waals surface area contributed by atoms with Crippen LogP contribution < -0.4 is 10.6 Å². The van der Waals surface area contributed by atoms with Crippen LogP contribution in [0.25, 0.3) is 11.6 Å². The van der Waals surface area contributed by atoms with Crippen LogP contribution in [-0.2, 0) is 0 Å². The van der Waals surface area contributed by atoms with Crippen LogP contribution in [-0.4, -0.2) is 30.2 Å². The third-order valence-corrected chi connectivity index (χ3v) is 4.47. The smallest absolute Gasteiger partial charge is 0.251 e. The Bertz CT molecular complexity index is 934. The number of aliphatic hydroxyl groups excluding tert-OH is 1. The van der Waals surface area contributed by atoms with E-state index in [1.165, 1.54) is 5.57 Å². The Kier molecular flexibility index (Phi) is 7.20. The Hall–Kier alpha value is -3.37. The molecular formula is C25H26N2O2. The van der Waals surface area contributed by atoms with Gasteiger partial charge in [0.1, 0.15) is 0 Å². The lowest BCUT2D eigenvalue weighted by Crippen LogP contribution is -2.30. The second-order valence-corrected chi connectivity index (χ2v) is 6.94. The van der Waals surface area contributed by atoms with Crippen LogP contribution >= 0.6 is 0 Å². The first kappa shape index (κ1) is 20.4. The van der Waals surface area contributed by atoms with Crippen molar-refractivity contribution >= 4 is 23.2 Å². The number of rotatable bonds is 8. The van der Waals surface area contributed by atoms with E-state index in [4.69, 9.17) is 0 Å². The standard InChI is InChI=1S/C25H26N2O2/c1-19(28)17-27-25(29)22-12-14-24(15-13-22)26-18-23(21-10-6-3-7-11-21)16-20-8-4-2-5-9-20/h2-16,19,26,28H,17-18H2,1H3,(H,27,29)/b23-16+/t19-/m1/s1. The maximum absolute atomic E-state index is 12.1. The van der Waals surface area contributed by atoms with Gasteiger partial charge < -0.3 is 15.7 Å². The van der Waals surface area contributed by atoms with Crippen molar-refractivity contribution in [2.45, 2.75) is 13.0 Å². The van der Waals surface area contributed by atoms with E-state index in [-0.39, 0.29) is 12.5 Å². The predicted octanol–water partition coefficient (Wildman–Crippen LogP) is 4.45. The molecule has 0 aliphatic rings. The highest BCUT2D eigenvalue weighted by Crippen LogP contribution is 2.20. The number of carbonyl (C=O) groups is 1. The molecular weight excluding hydrogens is 360 g/mol. The average Bonchev–Trinajstić information content (AvgIpc) is 2.76. The summed E-state index contributed by atoms with van der Waals surface area (Å²) in [6.45, 7) is 2.54. The van der Waals surface area contributed by atoms with Gasteiger partial charge in [0.2, 0.25) is 0 Å². The van der Waals surface area contributed by atoms with Gasteiger partial charge in [0.05, 0.1) is 6.10 Å². The summed E-state index contributed by atoms with van der Waals surface area (Å²) < 4.78 is 0. The molecule has 0 saturated carbocycles. The highest BCUT2D eigenvalue weighted by Gasteiger charge is 2.07. The Labute approximate surface area is 171 Å². The van der Waals surface area contributed by atoms with Crippen molar-refractivity contribution in [1.82, 2.24) is 5.32 Å². The summed E-state index contributed by atoms with van der Waals surface area (Å²) in [6.07, 6.45) is 1.62. The molecule has 29 heavy (non-hydrogen) atoms. The fourth-order valence-corrected chi connectivity index (χ4v) is 2.92. The van der Waals surface area contributed by atoms with Gasteiger partial charge in [-0.25, -0.2) is 0 Å². The zero-order valence-electron chi connectivity index (χ0n) is 16.5. The molecule has 3 N–H and O–H groups in total. The molecule has 0 heterocycles. The van der Waals surface area contributed by atoms with Crippen LogP contribution in [0.1, 0.15) is 28.4 Å². The summed E-state index contributed by atoms with van der Waals surface area (Å²) in [7, 11) is 0. The molecule has 0 saturated heterocycles. The van der Waals surface area contributed by atoms with Crippen molar-refractivity contribution in [3.05, 3.63) is 102 Å². The predicted molar refractivity (Wildman–Crippen MR) is 120 cm³/mol. The van der Waals surface area contributed by atoms with Crippen LogP contribution in [0, 0.1) is 0 Å². The van der Waals surface area contributed by atoms with Gasteiger partial charge in [0, 0.05) is 24.3 Å². The number of aliphatic hydroxyl groups is 1. The van der Waals surface area contributed by atoms with Crippen LogP contribution in [0.5, 0.6) is 0 Å². The summed E-state index contributed by atoms with van der Waals surface area (Å²) in [6, 6.07) is 27.9. The molecule has 1 atom stereocenters. The van der Waals surface area contributed by atoms with Crippen molar-refractivity contribution in [2.24, 2.45) is 0 Å². The second-order valence-electron chi connectivity index (χ2n) is 6.94. The van der Waals surface area contributed by atoms with E-state index in [9.17, 15) is 9.90 Å². The van der Waals surface area contributed by atoms with Crippen molar-refractivity contribution < 1.29 is 9.90 Å². The van der Waals surface area contributed by atoms with Crippen molar-refractivity contribution in [3.8, 4) is 0 Å². The zero-order valence-corrected chi connectivity index (χ0v) is 16.5. The molecule has 0 aliphatic carbocycles. The molecule has 3 aromatic rings. The first-order chi connectivity index (χ1) is 14.1. The van der Waals surface area contributed by atoms with E-state index in [0.29, 0.717) is 12.1 Å². The van der Waals surface area contributed by atoms with Crippen molar-refractivity contribution in [2.75, 3.05) is 18.4 Å². The number of hydrogen-bond acceptors (Lipinski definition) is 3.